The standard InChI is InChI=1S/C19H21N3O4/c1-13-7-8-14(22(24)25)11-16(13)19(23)21-10-9-20-12-17(21)15-5-3-4-6-18(15)26-2/h3-8,11,17,20H,9-10,12H2,1-2H3. The number of non-ortho nitro benzene ring substituents is 1. The number of benzene rings is 2. The highest BCUT2D eigenvalue weighted by molar-refractivity contribution is 5.96. The highest BCUT2D eigenvalue weighted by Gasteiger charge is 2.31. The average Bonchev–Trinajstić information content (AvgIpc) is 2.67. The fourth-order valence-corrected chi connectivity index (χ4v) is 3.28. The number of nitro benzene ring substituents is 1. The smallest absolute Gasteiger partial charge is 0.270 e. The van der Waals surface area contributed by atoms with Crippen LogP contribution in [0, 0.1) is 17.0 Å². The number of aryl methyl sites for hydroxylation is 1. The molecule has 0 radical (unpaired) electrons. The van der Waals surface area contributed by atoms with Crippen LogP contribution in [0.5, 0.6) is 5.75 Å². The lowest BCUT2D eigenvalue weighted by Gasteiger charge is -2.37. The number of nitrogens with one attached hydrogen (secondary N) is 1. The Labute approximate surface area is 151 Å². The minimum atomic E-state index is -0.480. The van der Waals surface area contributed by atoms with Crippen LogP contribution in [0.2, 0.25) is 0 Å². The summed E-state index contributed by atoms with van der Waals surface area (Å²) < 4.78 is 5.45. The number of methoxy groups -OCH3 is 1. The van der Waals surface area contributed by atoms with E-state index in [4.69, 9.17) is 4.74 Å². The molecule has 3 rings (SSSR count). The van der Waals surface area contributed by atoms with E-state index >= 15 is 0 Å². The number of para-hydroxylation sites is 1. The summed E-state index contributed by atoms with van der Waals surface area (Å²) in [6.07, 6.45) is 0. The normalized spacial score (nSPS) is 17.0. The van der Waals surface area contributed by atoms with Crippen LogP contribution >= 0.6 is 0 Å². The van der Waals surface area contributed by atoms with E-state index in [1.54, 1.807) is 25.0 Å². The third-order valence-corrected chi connectivity index (χ3v) is 4.66. The van der Waals surface area contributed by atoms with Gasteiger partial charge in [-0.15, -0.1) is 0 Å². The number of amides is 1. The third kappa shape index (κ3) is 3.39. The van der Waals surface area contributed by atoms with Crippen LogP contribution in [-0.2, 0) is 0 Å². The van der Waals surface area contributed by atoms with Gasteiger partial charge in [0.15, 0.2) is 0 Å². The Morgan fingerprint density at radius 1 is 1.31 bits per heavy atom. The number of carbonyl (C=O) groups excluding carboxylic acids is 1. The molecule has 136 valence electrons. The van der Waals surface area contributed by atoms with Gasteiger partial charge in [0.05, 0.1) is 18.1 Å². The first-order chi connectivity index (χ1) is 12.5. The average molecular weight is 355 g/mol. The Morgan fingerprint density at radius 3 is 2.81 bits per heavy atom. The predicted molar refractivity (Wildman–Crippen MR) is 97.5 cm³/mol. The summed E-state index contributed by atoms with van der Waals surface area (Å²) >= 11 is 0. The van der Waals surface area contributed by atoms with Crippen molar-refractivity contribution in [2.45, 2.75) is 13.0 Å². The van der Waals surface area contributed by atoms with Crippen LogP contribution in [0.25, 0.3) is 0 Å². The summed E-state index contributed by atoms with van der Waals surface area (Å²) in [5.41, 5.74) is 1.92. The maximum atomic E-state index is 13.2. The van der Waals surface area contributed by atoms with Crippen molar-refractivity contribution in [1.29, 1.82) is 0 Å². The molecule has 1 fully saturated rings. The molecule has 1 N–H and O–H groups in total. The van der Waals surface area contributed by atoms with E-state index in [-0.39, 0.29) is 17.6 Å². The summed E-state index contributed by atoms with van der Waals surface area (Å²) in [6.45, 7) is 3.58. The molecule has 1 atom stereocenters. The molecule has 0 bridgehead atoms. The van der Waals surface area contributed by atoms with Crippen LogP contribution in [0.4, 0.5) is 5.69 Å². The van der Waals surface area contributed by atoms with Crippen molar-refractivity contribution in [1.82, 2.24) is 10.2 Å². The van der Waals surface area contributed by atoms with Crippen molar-refractivity contribution >= 4 is 11.6 Å². The summed E-state index contributed by atoms with van der Waals surface area (Å²) in [5, 5.41) is 14.4. The van der Waals surface area contributed by atoms with Gasteiger partial charge < -0.3 is 15.0 Å². The molecule has 1 amide bonds. The van der Waals surface area contributed by atoms with E-state index in [2.05, 4.69) is 5.32 Å². The van der Waals surface area contributed by atoms with Gasteiger partial charge in [-0.2, -0.15) is 0 Å². The minimum Gasteiger partial charge on any atom is -0.496 e. The molecule has 1 unspecified atom stereocenters. The van der Waals surface area contributed by atoms with Gasteiger partial charge in [-0.05, 0) is 18.6 Å². The predicted octanol–water partition coefficient (Wildman–Crippen LogP) is 2.70. The van der Waals surface area contributed by atoms with Gasteiger partial charge in [0.2, 0.25) is 0 Å². The van der Waals surface area contributed by atoms with E-state index in [1.807, 2.05) is 24.3 Å². The fraction of sp³-hybridized carbons (Fsp3) is 0.316. The second kappa shape index (κ2) is 7.53. The molecule has 1 aliphatic rings. The quantitative estimate of drug-likeness (QED) is 0.673. The first-order valence-corrected chi connectivity index (χ1v) is 8.42. The van der Waals surface area contributed by atoms with Gasteiger partial charge in [-0.25, -0.2) is 0 Å². The van der Waals surface area contributed by atoms with Crippen molar-refractivity contribution in [3.8, 4) is 5.75 Å². The molecular weight excluding hydrogens is 334 g/mol. The van der Waals surface area contributed by atoms with Gasteiger partial charge >= 0.3 is 0 Å². The monoisotopic (exact) mass is 355 g/mol. The summed E-state index contributed by atoms with van der Waals surface area (Å²) in [7, 11) is 1.60. The number of ether oxygens (including phenoxy) is 1. The van der Waals surface area contributed by atoms with Gasteiger partial charge in [0.1, 0.15) is 5.75 Å². The molecule has 26 heavy (non-hydrogen) atoms. The summed E-state index contributed by atoms with van der Waals surface area (Å²) in [4.78, 5) is 25.6. The number of hydrogen-bond acceptors (Lipinski definition) is 5. The Balaban J connectivity index is 1.99. The Hall–Kier alpha value is -2.93. The lowest BCUT2D eigenvalue weighted by molar-refractivity contribution is -0.384. The number of rotatable bonds is 4. The van der Waals surface area contributed by atoms with Crippen LogP contribution in [0.1, 0.15) is 27.5 Å². The first kappa shape index (κ1) is 17.9. The van der Waals surface area contributed by atoms with Gasteiger partial charge in [-0.1, -0.05) is 24.3 Å². The molecule has 1 heterocycles. The molecule has 1 aliphatic heterocycles. The molecule has 0 aliphatic carbocycles. The lowest BCUT2D eigenvalue weighted by Crippen LogP contribution is -2.48. The molecule has 0 aromatic heterocycles. The largest absolute Gasteiger partial charge is 0.496 e. The SMILES string of the molecule is COc1ccccc1C1CNCCN1C(=O)c1cc([N+](=O)[O-])ccc1C. The minimum absolute atomic E-state index is 0.0806. The van der Waals surface area contributed by atoms with Crippen molar-refractivity contribution in [2.75, 3.05) is 26.7 Å². The van der Waals surface area contributed by atoms with E-state index in [0.29, 0.717) is 25.2 Å². The summed E-state index contributed by atoms with van der Waals surface area (Å²) in [6, 6.07) is 11.8. The molecular formula is C19H21N3O4. The molecule has 0 spiro atoms. The summed E-state index contributed by atoms with van der Waals surface area (Å²) in [5.74, 6) is 0.512. The topological polar surface area (TPSA) is 84.7 Å². The van der Waals surface area contributed by atoms with Crippen LogP contribution in [0.3, 0.4) is 0 Å². The first-order valence-electron chi connectivity index (χ1n) is 8.42. The van der Waals surface area contributed by atoms with Crippen molar-refractivity contribution in [3.63, 3.8) is 0 Å². The molecule has 7 nitrogen and oxygen atoms in total. The highest BCUT2D eigenvalue weighted by Crippen LogP contribution is 2.32. The van der Waals surface area contributed by atoms with Gasteiger partial charge in [-0.3, -0.25) is 14.9 Å². The lowest BCUT2D eigenvalue weighted by atomic mass is 9.99. The number of nitro groups is 1. The second-order valence-corrected chi connectivity index (χ2v) is 6.22. The molecule has 7 heteroatoms. The Morgan fingerprint density at radius 2 is 2.08 bits per heavy atom. The Kier molecular flexibility index (Phi) is 5.18. The van der Waals surface area contributed by atoms with E-state index in [9.17, 15) is 14.9 Å². The van der Waals surface area contributed by atoms with E-state index in [1.165, 1.54) is 12.1 Å². The molecule has 1 saturated heterocycles. The molecule has 0 saturated carbocycles. The zero-order valence-electron chi connectivity index (χ0n) is 14.8. The van der Waals surface area contributed by atoms with Crippen LogP contribution < -0.4 is 10.1 Å². The highest BCUT2D eigenvalue weighted by atomic mass is 16.6. The van der Waals surface area contributed by atoms with Crippen LogP contribution in [0.15, 0.2) is 42.5 Å². The maximum absolute atomic E-state index is 13.2. The number of nitrogens with zero attached hydrogens (tertiary/aromatic N) is 2. The van der Waals surface area contributed by atoms with Gasteiger partial charge in [0, 0.05) is 42.9 Å². The zero-order chi connectivity index (χ0) is 18.7. The van der Waals surface area contributed by atoms with E-state index in [0.717, 1.165) is 16.9 Å². The Bertz CT molecular complexity index is 837. The van der Waals surface area contributed by atoms with Crippen LogP contribution in [-0.4, -0.2) is 42.5 Å². The number of hydrogen-bond donors (Lipinski definition) is 1. The maximum Gasteiger partial charge on any atom is 0.270 e. The number of carbonyl (C=O) groups is 1. The molecule has 2 aromatic rings. The molecule has 2 aromatic carbocycles. The fourth-order valence-electron chi connectivity index (χ4n) is 3.28. The second-order valence-electron chi connectivity index (χ2n) is 6.22. The van der Waals surface area contributed by atoms with Crippen molar-refractivity contribution in [3.05, 3.63) is 69.3 Å². The van der Waals surface area contributed by atoms with Crippen molar-refractivity contribution in [2.24, 2.45) is 0 Å². The van der Waals surface area contributed by atoms with E-state index < -0.39 is 4.92 Å². The van der Waals surface area contributed by atoms with Gasteiger partial charge in [0.25, 0.3) is 11.6 Å². The number of piperazine rings is 1. The zero-order valence-corrected chi connectivity index (χ0v) is 14.8. The van der Waals surface area contributed by atoms with Crippen molar-refractivity contribution < 1.29 is 14.5 Å². The third-order valence-electron chi connectivity index (χ3n) is 4.66.